The van der Waals surface area contributed by atoms with Crippen molar-refractivity contribution in [2.45, 2.75) is 39.4 Å². The summed E-state index contributed by atoms with van der Waals surface area (Å²) in [6.45, 7) is 8.97. The molecule has 0 aromatic heterocycles. The summed E-state index contributed by atoms with van der Waals surface area (Å²) in [6.07, 6.45) is -0.206. The highest BCUT2D eigenvalue weighted by atomic mass is 35.5. The van der Waals surface area contributed by atoms with E-state index < -0.39 is 5.60 Å². The number of benzene rings is 1. The molecule has 116 valence electrons. The SMILES string of the molecule is C[C@H](Oc1ccc(Cl)cc1)C1CN(C(=O)OC(C)(C)C)C1. The van der Waals surface area contributed by atoms with E-state index in [0.29, 0.717) is 24.0 Å². The molecule has 1 saturated heterocycles. The predicted octanol–water partition coefficient (Wildman–Crippen LogP) is 3.97. The Labute approximate surface area is 131 Å². The van der Waals surface area contributed by atoms with Crippen molar-refractivity contribution in [1.82, 2.24) is 4.90 Å². The van der Waals surface area contributed by atoms with E-state index in [1.807, 2.05) is 39.8 Å². The van der Waals surface area contributed by atoms with Gasteiger partial charge in [-0.1, -0.05) is 11.6 Å². The van der Waals surface area contributed by atoms with Crippen LogP contribution in [0.1, 0.15) is 27.7 Å². The maximum Gasteiger partial charge on any atom is 0.410 e. The van der Waals surface area contributed by atoms with Gasteiger partial charge in [-0.05, 0) is 52.0 Å². The third kappa shape index (κ3) is 4.53. The molecule has 0 saturated carbocycles. The Hall–Kier alpha value is -1.42. The van der Waals surface area contributed by atoms with Crippen LogP contribution in [-0.4, -0.2) is 35.8 Å². The first-order chi connectivity index (χ1) is 9.74. The van der Waals surface area contributed by atoms with Crippen LogP contribution in [0, 0.1) is 5.92 Å². The van der Waals surface area contributed by atoms with Crippen molar-refractivity contribution in [1.29, 1.82) is 0 Å². The van der Waals surface area contributed by atoms with E-state index in [1.165, 1.54) is 0 Å². The molecule has 1 aliphatic heterocycles. The molecule has 0 spiro atoms. The molecule has 0 radical (unpaired) electrons. The van der Waals surface area contributed by atoms with Gasteiger partial charge in [-0.15, -0.1) is 0 Å². The Morgan fingerprint density at radius 3 is 2.38 bits per heavy atom. The van der Waals surface area contributed by atoms with Crippen LogP contribution in [0.2, 0.25) is 5.02 Å². The van der Waals surface area contributed by atoms with E-state index in [1.54, 1.807) is 17.0 Å². The number of amides is 1. The quantitative estimate of drug-likeness (QED) is 0.847. The summed E-state index contributed by atoms with van der Waals surface area (Å²) in [7, 11) is 0. The summed E-state index contributed by atoms with van der Waals surface area (Å²) in [6, 6.07) is 7.31. The number of carbonyl (C=O) groups excluding carboxylic acids is 1. The Kier molecular flexibility index (Phi) is 4.67. The maximum atomic E-state index is 11.9. The van der Waals surface area contributed by atoms with Crippen LogP contribution in [0.15, 0.2) is 24.3 Å². The summed E-state index contributed by atoms with van der Waals surface area (Å²) in [4.78, 5) is 13.6. The monoisotopic (exact) mass is 311 g/mol. The summed E-state index contributed by atoms with van der Waals surface area (Å²) in [5.41, 5.74) is -0.451. The summed E-state index contributed by atoms with van der Waals surface area (Å²) < 4.78 is 11.2. The largest absolute Gasteiger partial charge is 0.490 e. The smallest absolute Gasteiger partial charge is 0.410 e. The van der Waals surface area contributed by atoms with Crippen LogP contribution < -0.4 is 4.74 Å². The summed E-state index contributed by atoms with van der Waals surface area (Å²) in [5.74, 6) is 1.12. The number of nitrogens with zero attached hydrogens (tertiary/aromatic N) is 1. The lowest BCUT2D eigenvalue weighted by Crippen LogP contribution is -2.55. The Morgan fingerprint density at radius 2 is 1.86 bits per heavy atom. The van der Waals surface area contributed by atoms with Gasteiger partial charge in [-0.2, -0.15) is 0 Å². The fourth-order valence-corrected chi connectivity index (χ4v) is 2.24. The molecule has 1 heterocycles. The molecule has 5 heteroatoms. The van der Waals surface area contributed by atoms with Crippen LogP contribution in [0.4, 0.5) is 4.79 Å². The van der Waals surface area contributed by atoms with Gasteiger partial charge in [0.15, 0.2) is 0 Å². The van der Waals surface area contributed by atoms with Crippen LogP contribution in [0.3, 0.4) is 0 Å². The molecule has 21 heavy (non-hydrogen) atoms. The number of likely N-dealkylation sites (tertiary alicyclic amines) is 1. The van der Waals surface area contributed by atoms with E-state index in [9.17, 15) is 4.79 Å². The molecule has 1 atom stereocenters. The Morgan fingerprint density at radius 1 is 1.29 bits per heavy atom. The molecular formula is C16H22ClNO3. The molecule has 1 aromatic carbocycles. The molecule has 4 nitrogen and oxygen atoms in total. The van der Waals surface area contributed by atoms with Gasteiger partial charge in [-0.25, -0.2) is 4.79 Å². The average Bonchev–Trinajstić information content (AvgIpc) is 2.27. The molecule has 0 bridgehead atoms. The average molecular weight is 312 g/mol. The van der Waals surface area contributed by atoms with Gasteiger partial charge in [0.25, 0.3) is 0 Å². The van der Waals surface area contributed by atoms with Crippen molar-refractivity contribution >= 4 is 17.7 Å². The van der Waals surface area contributed by atoms with Crippen LogP contribution in [0.25, 0.3) is 0 Å². The number of hydrogen-bond acceptors (Lipinski definition) is 3. The second-order valence-corrected chi connectivity index (χ2v) is 6.86. The van der Waals surface area contributed by atoms with E-state index in [4.69, 9.17) is 21.1 Å². The summed E-state index contributed by atoms with van der Waals surface area (Å²) >= 11 is 5.84. The molecule has 0 unspecified atom stereocenters. The molecule has 2 rings (SSSR count). The third-order valence-corrected chi connectivity index (χ3v) is 3.61. The molecule has 1 amide bonds. The van der Waals surface area contributed by atoms with Crippen molar-refractivity contribution in [2.75, 3.05) is 13.1 Å². The molecule has 1 fully saturated rings. The maximum absolute atomic E-state index is 11.9. The lowest BCUT2D eigenvalue weighted by atomic mass is 9.95. The minimum absolute atomic E-state index is 0.0462. The predicted molar refractivity (Wildman–Crippen MR) is 82.8 cm³/mol. The third-order valence-electron chi connectivity index (χ3n) is 3.36. The fraction of sp³-hybridized carbons (Fsp3) is 0.562. The van der Waals surface area contributed by atoms with Crippen LogP contribution in [0.5, 0.6) is 5.75 Å². The number of ether oxygens (including phenoxy) is 2. The first-order valence-corrected chi connectivity index (χ1v) is 7.52. The Balaban J connectivity index is 1.78. The highest BCUT2D eigenvalue weighted by Gasteiger charge is 2.37. The zero-order chi connectivity index (χ0) is 15.6. The first kappa shape index (κ1) is 16.0. The number of hydrogen-bond donors (Lipinski definition) is 0. The van der Waals surface area contributed by atoms with Crippen molar-refractivity contribution in [3.05, 3.63) is 29.3 Å². The molecule has 1 aliphatic rings. The van der Waals surface area contributed by atoms with E-state index >= 15 is 0 Å². The van der Waals surface area contributed by atoms with Crippen LogP contribution in [-0.2, 0) is 4.74 Å². The topological polar surface area (TPSA) is 38.8 Å². The van der Waals surface area contributed by atoms with E-state index in [2.05, 4.69) is 0 Å². The van der Waals surface area contributed by atoms with Crippen molar-refractivity contribution in [3.8, 4) is 5.75 Å². The minimum atomic E-state index is -0.451. The molecular weight excluding hydrogens is 290 g/mol. The van der Waals surface area contributed by atoms with Crippen molar-refractivity contribution in [2.24, 2.45) is 5.92 Å². The number of carbonyl (C=O) groups is 1. The highest BCUT2D eigenvalue weighted by molar-refractivity contribution is 6.30. The van der Waals surface area contributed by atoms with Gasteiger partial charge in [0.2, 0.25) is 0 Å². The van der Waals surface area contributed by atoms with Gasteiger partial charge >= 0.3 is 6.09 Å². The lowest BCUT2D eigenvalue weighted by Gasteiger charge is -2.42. The first-order valence-electron chi connectivity index (χ1n) is 7.15. The number of rotatable bonds is 3. The fourth-order valence-electron chi connectivity index (χ4n) is 2.11. The van der Waals surface area contributed by atoms with E-state index in [0.717, 1.165) is 5.75 Å². The molecule has 0 aliphatic carbocycles. The van der Waals surface area contributed by atoms with E-state index in [-0.39, 0.29) is 12.2 Å². The van der Waals surface area contributed by atoms with Gasteiger partial charge in [0.05, 0.1) is 0 Å². The number of halogens is 1. The van der Waals surface area contributed by atoms with Gasteiger partial charge in [0.1, 0.15) is 17.5 Å². The van der Waals surface area contributed by atoms with Gasteiger partial charge in [-0.3, -0.25) is 0 Å². The van der Waals surface area contributed by atoms with Crippen molar-refractivity contribution < 1.29 is 14.3 Å². The molecule has 1 aromatic rings. The van der Waals surface area contributed by atoms with Crippen molar-refractivity contribution in [3.63, 3.8) is 0 Å². The second kappa shape index (κ2) is 6.14. The zero-order valence-corrected chi connectivity index (χ0v) is 13.7. The van der Waals surface area contributed by atoms with Gasteiger partial charge in [0, 0.05) is 24.0 Å². The summed E-state index contributed by atoms with van der Waals surface area (Å²) in [5, 5.41) is 0.690. The minimum Gasteiger partial charge on any atom is -0.490 e. The Bertz CT molecular complexity index is 489. The lowest BCUT2D eigenvalue weighted by molar-refractivity contribution is -0.0212. The highest BCUT2D eigenvalue weighted by Crippen LogP contribution is 2.25. The standard InChI is InChI=1S/C16H22ClNO3/c1-11(20-14-7-5-13(17)6-8-14)12-9-18(10-12)15(19)21-16(2,3)4/h5-8,11-12H,9-10H2,1-4H3/t11-/m0/s1. The second-order valence-electron chi connectivity index (χ2n) is 6.42. The zero-order valence-electron chi connectivity index (χ0n) is 12.9. The normalized spacial score (nSPS) is 17.1. The molecule has 0 N–H and O–H groups in total. The van der Waals surface area contributed by atoms with Gasteiger partial charge < -0.3 is 14.4 Å². The van der Waals surface area contributed by atoms with Crippen LogP contribution >= 0.6 is 11.6 Å².